The average molecular weight is 738 g/mol. The van der Waals surface area contributed by atoms with Crippen molar-refractivity contribution in [2.24, 2.45) is 35.0 Å². The highest BCUT2D eigenvalue weighted by Gasteiger charge is 2.57. The van der Waals surface area contributed by atoms with E-state index in [1.54, 1.807) is 19.1 Å². The Hall–Kier alpha value is -2.77. The Morgan fingerprint density at radius 1 is 1.09 bits per heavy atom. The van der Waals surface area contributed by atoms with Gasteiger partial charge in [-0.2, -0.15) is 5.06 Å². The Balaban J connectivity index is 1.45. The summed E-state index contributed by atoms with van der Waals surface area (Å²) in [4.78, 5) is 24.7. The molecule has 5 N–H and O–H groups in total. The molecule has 0 radical (unpaired) electrons. The molecule has 3 saturated carbocycles. The van der Waals surface area contributed by atoms with E-state index >= 15 is 0 Å². The van der Waals surface area contributed by atoms with E-state index in [0.29, 0.717) is 34.8 Å². The monoisotopic (exact) mass is 738 g/mol. The summed E-state index contributed by atoms with van der Waals surface area (Å²) in [6, 6.07) is 11.3. The molecule has 1 saturated heterocycles. The predicted molar refractivity (Wildman–Crippen MR) is 210 cm³/mol. The van der Waals surface area contributed by atoms with Crippen molar-refractivity contribution in [2.75, 3.05) is 53.4 Å². The fourth-order valence-corrected chi connectivity index (χ4v) is 9.56. The highest BCUT2D eigenvalue weighted by molar-refractivity contribution is 5.83. The second-order valence-corrected chi connectivity index (χ2v) is 17.6. The fraction of sp³-hybridized carbons (Fsp3) is 0.690. The minimum Gasteiger partial charge on any atom is -0.496 e. The number of hydrogen-bond acceptors (Lipinski definition) is 10. The molecule has 3 aliphatic carbocycles. The first kappa shape index (κ1) is 41.4. The van der Waals surface area contributed by atoms with Crippen molar-refractivity contribution in [3.05, 3.63) is 47.5 Å². The van der Waals surface area contributed by atoms with Crippen molar-refractivity contribution in [3.63, 3.8) is 0 Å². The lowest BCUT2D eigenvalue weighted by Crippen LogP contribution is -2.62. The maximum absolute atomic E-state index is 14.3. The van der Waals surface area contributed by atoms with Crippen LogP contribution in [0.25, 0.3) is 11.1 Å². The quantitative estimate of drug-likeness (QED) is 0.156. The van der Waals surface area contributed by atoms with Crippen molar-refractivity contribution in [3.8, 4) is 16.9 Å². The molecular formula is C42H67N5O6. The van der Waals surface area contributed by atoms with E-state index in [0.717, 1.165) is 47.3 Å². The number of rotatable bonds is 16. The molecule has 4 fully saturated rings. The number of methoxy groups -OCH3 is 1. The number of likely N-dealkylation sites (N-methyl/N-ethyl adjacent to an activating group) is 1. The smallest absolute Gasteiger partial charge is 0.240 e. The number of ether oxygens (including phenoxy) is 1. The first-order chi connectivity index (χ1) is 25.0. The molecule has 6 rings (SSSR count). The molecule has 10 atom stereocenters. The van der Waals surface area contributed by atoms with E-state index < -0.39 is 30.4 Å². The van der Waals surface area contributed by atoms with Crippen LogP contribution in [0.4, 0.5) is 5.69 Å². The second-order valence-electron chi connectivity index (χ2n) is 17.6. The lowest BCUT2D eigenvalue weighted by atomic mass is 9.45. The number of nitrogens with zero attached hydrogens (tertiary/aromatic N) is 3. The molecule has 11 nitrogen and oxygen atoms in total. The summed E-state index contributed by atoms with van der Waals surface area (Å²) in [6.45, 7) is 13.6. The van der Waals surface area contributed by atoms with Crippen molar-refractivity contribution >= 4 is 11.6 Å². The third-order valence-corrected chi connectivity index (χ3v) is 12.5. The van der Waals surface area contributed by atoms with E-state index in [2.05, 4.69) is 56.2 Å². The first-order valence-corrected chi connectivity index (χ1v) is 19.6. The second kappa shape index (κ2) is 16.9. The van der Waals surface area contributed by atoms with Crippen LogP contribution >= 0.6 is 0 Å². The van der Waals surface area contributed by atoms with Gasteiger partial charge in [-0.15, -0.1) is 0 Å². The van der Waals surface area contributed by atoms with Crippen LogP contribution in [-0.4, -0.2) is 110 Å². The number of benzene rings is 2. The van der Waals surface area contributed by atoms with E-state index in [9.17, 15) is 20.1 Å². The number of amides is 1. The lowest BCUT2D eigenvalue weighted by Gasteiger charge is -2.62. The Kier molecular flexibility index (Phi) is 13.2. The number of hydroxylamine groups is 2. The number of anilines is 1. The number of nitrogens with one attached hydrogen (secondary N) is 2. The molecular weight excluding hydrogens is 670 g/mol. The first-order valence-electron chi connectivity index (χ1n) is 19.6. The summed E-state index contributed by atoms with van der Waals surface area (Å²) in [5, 5.41) is 41.3. The van der Waals surface area contributed by atoms with E-state index in [1.807, 2.05) is 63.4 Å². The van der Waals surface area contributed by atoms with Crippen LogP contribution in [0.2, 0.25) is 0 Å². The van der Waals surface area contributed by atoms with E-state index in [1.165, 1.54) is 6.42 Å². The van der Waals surface area contributed by atoms with Gasteiger partial charge in [0, 0.05) is 55.5 Å². The van der Waals surface area contributed by atoms with Crippen LogP contribution in [0.1, 0.15) is 78.2 Å². The van der Waals surface area contributed by atoms with Crippen molar-refractivity contribution < 1.29 is 29.7 Å². The molecule has 296 valence electrons. The number of carbonyl (C=O) groups is 1. The van der Waals surface area contributed by atoms with Gasteiger partial charge in [0.05, 0.1) is 26.4 Å². The van der Waals surface area contributed by atoms with E-state index in [-0.39, 0.29) is 31.1 Å². The van der Waals surface area contributed by atoms with Gasteiger partial charge in [-0.25, -0.2) is 0 Å². The van der Waals surface area contributed by atoms with Gasteiger partial charge in [-0.3, -0.25) is 14.9 Å². The summed E-state index contributed by atoms with van der Waals surface area (Å²) in [5.74, 6) is 1.77. The number of carbonyl (C=O) groups excluding carboxylic acids is 1. The molecule has 1 aliphatic heterocycles. The predicted octanol–water partition coefficient (Wildman–Crippen LogP) is 4.65. The molecule has 0 spiro atoms. The van der Waals surface area contributed by atoms with Crippen molar-refractivity contribution in [1.82, 2.24) is 20.6 Å². The standard InChI is InChI=1S/C42H67N5O6/c1-24(2)15-31(22-45(7)8)43-40(50)29-16-28(17-32(18-29)46(9)10)33-14-12-13-27(39(33)52-11)21-47-38(37(26(4)49)36(23-48)53-47)41(51)44-35-20-30-19-34(25(35)3)42(30,5)6/h12-14,16-18,24-26,30-31,34-38,40,43,48-50H,15,19-23H2,1-11H3,(H,44,51)/t25-,26-,30-,31-,34+,35-,36-,37+,38-,40?/m0/s1. The van der Waals surface area contributed by atoms with Crippen LogP contribution in [0, 0.1) is 35.0 Å². The normalized spacial score (nSPS) is 28.4. The molecule has 4 aliphatic rings. The minimum atomic E-state index is -0.888. The molecule has 1 unspecified atom stereocenters. The SMILES string of the molecule is COc1c(CN2O[C@@H](CO)[C@@H]([C@H](C)O)[C@H]2C(=O)N[C@H]2C[C@@H]3C[C@H]([C@@H]2C)C3(C)C)cccc1-c1cc(C(O)N[C@@H](CC(C)C)CN(C)C)cc(N(C)C)c1. The Morgan fingerprint density at radius 2 is 1.81 bits per heavy atom. The molecule has 2 aromatic carbocycles. The van der Waals surface area contributed by atoms with Crippen LogP contribution in [-0.2, 0) is 16.2 Å². The molecule has 11 heteroatoms. The molecule has 1 amide bonds. The van der Waals surface area contributed by atoms with Gasteiger partial charge < -0.3 is 35.2 Å². The molecule has 2 aromatic rings. The zero-order valence-electron chi connectivity index (χ0n) is 34.0. The Labute approximate surface area is 318 Å². The van der Waals surface area contributed by atoms with Gasteiger partial charge in [-0.05, 0) is 98.7 Å². The number of para-hydroxylation sites is 1. The molecule has 0 aromatic heterocycles. The van der Waals surface area contributed by atoms with Gasteiger partial charge in [0.1, 0.15) is 24.1 Å². The van der Waals surface area contributed by atoms with E-state index in [4.69, 9.17) is 9.57 Å². The fourth-order valence-electron chi connectivity index (χ4n) is 9.56. The van der Waals surface area contributed by atoms with Gasteiger partial charge in [-0.1, -0.05) is 52.8 Å². The largest absolute Gasteiger partial charge is 0.496 e. The summed E-state index contributed by atoms with van der Waals surface area (Å²) < 4.78 is 6.11. The van der Waals surface area contributed by atoms with Crippen molar-refractivity contribution in [2.45, 2.75) is 104 Å². The third-order valence-electron chi connectivity index (χ3n) is 12.5. The summed E-state index contributed by atoms with van der Waals surface area (Å²) >= 11 is 0. The lowest BCUT2D eigenvalue weighted by molar-refractivity contribution is -0.183. The molecule has 2 bridgehead atoms. The van der Waals surface area contributed by atoms with Crippen LogP contribution in [0.5, 0.6) is 5.75 Å². The number of fused-ring (bicyclic) bond motifs is 2. The number of aliphatic hydroxyl groups is 3. The van der Waals surface area contributed by atoms with Crippen LogP contribution in [0.15, 0.2) is 36.4 Å². The van der Waals surface area contributed by atoms with Gasteiger partial charge in [0.15, 0.2) is 0 Å². The highest BCUT2D eigenvalue weighted by atomic mass is 16.7. The van der Waals surface area contributed by atoms with Crippen LogP contribution < -0.4 is 20.3 Å². The Morgan fingerprint density at radius 3 is 2.38 bits per heavy atom. The van der Waals surface area contributed by atoms with Gasteiger partial charge in [0.25, 0.3) is 0 Å². The molecule has 1 heterocycles. The molecule has 53 heavy (non-hydrogen) atoms. The van der Waals surface area contributed by atoms with Crippen molar-refractivity contribution in [1.29, 1.82) is 0 Å². The van der Waals surface area contributed by atoms with Gasteiger partial charge in [0.2, 0.25) is 5.91 Å². The number of hydrogen-bond donors (Lipinski definition) is 5. The summed E-state index contributed by atoms with van der Waals surface area (Å²) in [6.07, 6.45) is 0.560. The zero-order valence-corrected chi connectivity index (χ0v) is 34.0. The minimum absolute atomic E-state index is 0.0494. The van der Waals surface area contributed by atoms with Crippen LogP contribution in [0.3, 0.4) is 0 Å². The topological polar surface area (TPSA) is 130 Å². The summed E-state index contributed by atoms with van der Waals surface area (Å²) in [5.41, 5.74) is 4.46. The maximum Gasteiger partial charge on any atom is 0.240 e. The summed E-state index contributed by atoms with van der Waals surface area (Å²) in [7, 11) is 9.68. The average Bonchev–Trinajstić information content (AvgIpc) is 3.46. The van der Waals surface area contributed by atoms with Gasteiger partial charge >= 0.3 is 0 Å². The third kappa shape index (κ3) is 8.88. The maximum atomic E-state index is 14.3. The zero-order chi connectivity index (χ0) is 38.9. The highest BCUT2D eigenvalue weighted by Crippen LogP contribution is 2.61. The number of aliphatic hydroxyl groups excluding tert-OH is 3. The Bertz CT molecular complexity index is 1540.